The topological polar surface area (TPSA) is 84.9 Å². The van der Waals surface area contributed by atoms with Crippen molar-refractivity contribution in [3.8, 4) is 0 Å². The first-order valence-electron chi connectivity index (χ1n) is 11.6. The Morgan fingerprint density at radius 1 is 1.06 bits per heavy atom. The first-order chi connectivity index (χ1) is 16.4. The van der Waals surface area contributed by atoms with Crippen molar-refractivity contribution in [1.82, 2.24) is 10.4 Å². The number of carbonyl (C=O) groups excluding carboxylic acids is 1. The normalized spacial score (nSPS) is 12.3. The van der Waals surface area contributed by atoms with Gasteiger partial charge in [-0.2, -0.15) is 13.5 Å². The first kappa shape index (κ1) is 27.6. The van der Waals surface area contributed by atoms with Crippen LogP contribution in [0.1, 0.15) is 49.7 Å². The van der Waals surface area contributed by atoms with Crippen LogP contribution in [-0.4, -0.2) is 39.3 Å². The fraction of sp³-hybridized carbons (Fsp3) is 0.423. The molecular formula is C26H36N2O5S. The summed E-state index contributed by atoms with van der Waals surface area (Å²) >= 11 is 0. The molecule has 0 heterocycles. The molecule has 0 saturated carbocycles. The average Bonchev–Trinajstić information content (AvgIpc) is 2.82. The molecule has 8 heteroatoms. The van der Waals surface area contributed by atoms with Crippen LogP contribution in [0.3, 0.4) is 0 Å². The number of nitrogens with zero attached hydrogens (tertiary/aromatic N) is 1. The summed E-state index contributed by atoms with van der Waals surface area (Å²) in [7, 11) is -2.42. The third kappa shape index (κ3) is 9.67. The maximum atomic E-state index is 12.1. The zero-order chi connectivity index (χ0) is 24.8. The van der Waals surface area contributed by atoms with Crippen LogP contribution in [0.2, 0.25) is 0 Å². The predicted molar refractivity (Wildman–Crippen MR) is 134 cm³/mol. The number of aryl methyl sites for hydroxylation is 1. The van der Waals surface area contributed by atoms with Crippen molar-refractivity contribution >= 4 is 16.2 Å². The summed E-state index contributed by atoms with van der Waals surface area (Å²) in [5, 5.41) is 4.52. The summed E-state index contributed by atoms with van der Waals surface area (Å²) < 4.78 is 28.9. The van der Waals surface area contributed by atoms with Gasteiger partial charge in [-0.05, 0) is 43.9 Å². The van der Waals surface area contributed by atoms with Gasteiger partial charge in [0.1, 0.15) is 4.90 Å². The number of hydroxylamine groups is 2. The highest BCUT2D eigenvalue weighted by atomic mass is 32.2. The largest absolute Gasteiger partial charge is 0.423 e. The second-order valence-electron chi connectivity index (χ2n) is 8.19. The molecule has 1 unspecified atom stereocenters. The second kappa shape index (κ2) is 14.6. The van der Waals surface area contributed by atoms with Gasteiger partial charge in [-0.15, -0.1) is 6.58 Å². The molecule has 2 aromatic rings. The molecule has 2 rings (SSSR count). The van der Waals surface area contributed by atoms with Crippen molar-refractivity contribution in [2.75, 3.05) is 13.7 Å². The summed E-state index contributed by atoms with van der Waals surface area (Å²) in [5.74, 6) is 0. The number of unbranched alkanes of at least 4 members (excludes halogenated alkanes) is 3. The molecule has 0 fully saturated rings. The minimum atomic E-state index is -4.11. The summed E-state index contributed by atoms with van der Waals surface area (Å²) in [6.45, 7) is 6.80. The molecule has 0 radical (unpaired) electrons. The molecule has 0 spiro atoms. The SMILES string of the molecule is C=CCC(CCCCCCNC(=O)OS(=O)(=O)c1ccc(C)cc1)N(Cc1ccccc1)OC. The zero-order valence-corrected chi connectivity index (χ0v) is 20.9. The number of carbonyl (C=O) groups is 1. The number of amides is 1. The van der Waals surface area contributed by atoms with Gasteiger partial charge in [0.05, 0.1) is 7.11 Å². The van der Waals surface area contributed by atoms with Crippen molar-refractivity contribution in [3.05, 3.63) is 78.4 Å². The summed E-state index contributed by atoms with van der Waals surface area (Å²) in [4.78, 5) is 17.5. The molecule has 186 valence electrons. The third-order valence-corrected chi connectivity index (χ3v) is 6.71. The van der Waals surface area contributed by atoms with E-state index in [1.807, 2.05) is 36.3 Å². The molecule has 0 bridgehead atoms. The fourth-order valence-electron chi connectivity index (χ4n) is 3.61. The molecule has 34 heavy (non-hydrogen) atoms. The lowest BCUT2D eigenvalue weighted by Gasteiger charge is -2.29. The van der Waals surface area contributed by atoms with E-state index in [9.17, 15) is 13.2 Å². The van der Waals surface area contributed by atoms with E-state index >= 15 is 0 Å². The summed E-state index contributed by atoms with van der Waals surface area (Å²) in [5.41, 5.74) is 2.12. The highest BCUT2D eigenvalue weighted by molar-refractivity contribution is 7.87. The standard InChI is InChI=1S/C26H36N2O5S/c1-4-12-24(28(32-3)21-23-13-8-7-9-14-23)15-10-5-6-11-20-27-26(29)33-34(30,31)25-18-16-22(2)17-19-25/h4,7-9,13-14,16-19,24H,1,5-6,10-12,15,20-21H2,2-3H3,(H,27,29). The van der Waals surface area contributed by atoms with E-state index in [1.165, 1.54) is 17.7 Å². The van der Waals surface area contributed by atoms with Crippen LogP contribution in [0.25, 0.3) is 0 Å². The van der Waals surface area contributed by atoms with E-state index in [0.717, 1.165) is 44.1 Å². The van der Waals surface area contributed by atoms with E-state index in [2.05, 4.69) is 28.2 Å². The van der Waals surface area contributed by atoms with Crippen molar-refractivity contribution in [3.63, 3.8) is 0 Å². The van der Waals surface area contributed by atoms with Crippen LogP contribution >= 0.6 is 0 Å². The Kier molecular flexibility index (Phi) is 11.8. The quantitative estimate of drug-likeness (QED) is 0.157. The van der Waals surface area contributed by atoms with Gasteiger partial charge in [-0.1, -0.05) is 73.4 Å². The Balaban J connectivity index is 1.66. The Morgan fingerprint density at radius 2 is 1.74 bits per heavy atom. The molecular weight excluding hydrogens is 452 g/mol. The maximum absolute atomic E-state index is 12.1. The highest BCUT2D eigenvalue weighted by Crippen LogP contribution is 2.18. The van der Waals surface area contributed by atoms with Crippen molar-refractivity contribution in [2.24, 2.45) is 0 Å². The van der Waals surface area contributed by atoms with Gasteiger partial charge in [0.15, 0.2) is 0 Å². The lowest BCUT2D eigenvalue weighted by atomic mass is 10.0. The lowest BCUT2D eigenvalue weighted by molar-refractivity contribution is -0.170. The second-order valence-corrected chi connectivity index (χ2v) is 9.74. The minimum absolute atomic E-state index is 0.0419. The fourth-order valence-corrected chi connectivity index (χ4v) is 4.43. The van der Waals surface area contributed by atoms with Gasteiger partial charge in [-0.25, -0.2) is 4.79 Å². The Hall–Kier alpha value is -2.68. The predicted octanol–water partition coefficient (Wildman–Crippen LogP) is 5.37. The van der Waals surface area contributed by atoms with Crippen molar-refractivity contribution in [1.29, 1.82) is 0 Å². The van der Waals surface area contributed by atoms with Gasteiger partial charge in [0, 0.05) is 19.1 Å². The number of hydrogen-bond donors (Lipinski definition) is 1. The lowest BCUT2D eigenvalue weighted by Crippen LogP contribution is -2.33. The van der Waals surface area contributed by atoms with Crippen LogP contribution in [0.4, 0.5) is 4.79 Å². The van der Waals surface area contributed by atoms with Gasteiger partial charge < -0.3 is 14.3 Å². The van der Waals surface area contributed by atoms with Crippen molar-refractivity contribution < 1.29 is 22.2 Å². The van der Waals surface area contributed by atoms with E-state index in [4.69, 9.17) is 4.84 Å². The number of benzene rings is 2. The van der Waals surface area contributed by atoms with Crippen LogP contribution in [0.5, 0.6) is 0 Å². The molecule has 1 amide bonds. The maximum Gasteiger partial charge on any atom is 0.423 e. The number of nitrogens with one attached hydrogen (secondary N) is 1. The monoisotopic (exact) mass is 488 g/mol. The van der Waals surface area contributed by atoms with E-state index in [1.54, 1.807) is 19.2 Å². The molecule has 1 N–H and O–H groups in total. The molecule has 0 aliphatic carbocycles. The van der Waals surface area contributed by atoms with Crippen LogP contribution < -0.4 is 5.32 Å². The van der Waals surface area contributed by atoms with E-state index < -0.39 is 16.2 Å². The van der Waals surface area contributed by atoms with E-state index in [0.29, 0.717) is 13.1 Å². The minimum Gasteiger partial charge on any atom is -0.324 e. The molecule has 0 aromatic heterocycles. The molecule has 0 aliphatic heterocycles. The number of rotatable bonds is 15. The molecule has 1 atom stereocenters. The van der Waals surface area contributed by atoms with Gasteiger partial charge in [0.2, 0.25) is 0 Å². The first-order valence-corrected chi connectivity index (χ1v) is 13.0. The van der Waals surface area contributed by atoms with Gasteiger partial charge in [-0.3, -0.25) is 0 Å². The van der Waals surface area contributed by atoms with Crippen LogP contribution in [0.15, 0.2) is 72.1 Å². The van der Waals surface area contributed by atoms with Crippen LogP contribution in [0, 0.1) is 6.92 Å². The van der Waals surface area contributed by atoms with E-state index in [-0.39, 0.29) is 10.9 Å². The highest BCUT2D eigenvalue weighted by Gasteiger charge is 2.20. The Morgan fingerprint density at radius 3 is 2.38 bits per heavy atom. The van der Waals surface area contributed by atoms with Crippen LogP contribution in [-0.2, 0) is 25.7 Å². The van der Waals surface area contributed by atoms with Gasteiger partial charge in [0.25, 0.3) is 0 Å². The third-order valence-electron chi connectivity index (χ3n) is 5.49. The molecule has 7 nitrogen and oxygen atoms in total. The average molecular weight is 489 g/mol. The van der Waals surface area contributed by atoms with Gasteiger partial charge >= 0.3 is 16.2 Å². The Bertz CT molecular complexity index is 978. The molecule has 2 aromatic carbocycles. The van der Waals surface area contributed by atoms with Crippen molar-refractivity contribution in [2.45, 2.75) is 62.9 Å². The number of hydrogen-bond acceptors (Lipinski definition) is 6. The summed E-state index contributed by atoms with van der Waals surface area (Å²) in [6, 6.07) is 16.6. The summed E-state index contributed by atoms with van der Waals surface area (Å²) in [6.07, 6.45) is 6.43. The zero-order valence-electron chi connectivity index (χ0n) is 20.1. The Labute approximate surface area is 203 Å². The molecule has 0 saturated heterocycles. The molecule has 0 aliphatic rings. The smallest absolute Gasteiger partial charge is 0.324 e.